The van der Waals surface area contributed by atoms with Gasteiger partial charge < -0.3 is 24.4 Å². The number of aliphatic hydroxyl groups is 2. The second-order valence-corrected chi connectivity index (χ2v) is 9.69. The molecule has 4 atom stereocenters. The van der Waals surface area contributed by atoms with Crippen molar-refractivity contribution in [3.63, 3.8) is 0 Å². The molecule has 0 bridgehead atoms. The van der Waals surface area contributed by atoms with Crippen LogP contribution < -0.4 is 0 Å². The van der Waals surface area contributed by atoms with Crippen molar-refractivity contribution in [1.29, 1.82) is 0 Å². The first-order valence-electron chi connectivity index (χ1n) is 11.5. The molecule has 190 valence electrons. The number of carbonyl (C=O) groups excluding carboxylic acids is 3. The number of fused-ring (bicyclic) bond motifs is 1. The highest BCUT2D eigenvalue weighted by Crippen LogP contribution is 2.32. The number of nitrogens with zero attached hydrogens (tertiary/aromatic N) is 1. The highest BCUT2D eigenvalue weighted by molar-refractivity contribution is 5.89. The van der Waals surface area contributed by atoms with Gasteiger partial charge in [-0.3, -0.25) is 4.90 Å². The number of ether oxygens (including phenoxy) is 3. The van der Waals surface area contributed by atoms with Crippen LogP contribution in [0.5, 0.6) is 0 Å². The van der Waals surface area contributed by atoms with Crippen LogP contribution in [0, 0.1) is 0 Å². The van der Waals surface area contributed by atoms with Crippen LogP contribution in [-0.4, -0.2) is 82.2 Å². The molecule has 0 aromatic heterocycles. The molecule has 2 heterocycles. The fraction of sp³-hybridized carbons (Fsp3) is 0.640. The molecule has 34 heavy (non-hydrogen) atoms. The Morgan fingerprint density at radius 3 is 2.44 bits per heavy atom. The predicted molar refractivity (Wildman–Crippen MR) is 125 cm³/mol. The predicted octanol–water partition coefficient (Wildman–Crippen LogP) is 1.82. The van der Waals surface area contributed by atoms with Gasteiger partial charge >= 0.3 is 17.9 Å². The van der Waals surface area contributed by atoms with Gasteiger partial charge in [0.2, 0.25) is 5.60 Å². The van der Waals surface area contributed by atoms with Crippen molar-refractivity contribution >= 4 is 17.9 Å². The average Bonchev–Trinajstić information content (AvgIpc) is 3.30. The van der Waals surface area contributed by atoms with Gasteiger partial charge in [-0.15, -0.1) is 0 Å². The monoisotopic (exact) mass is 479 g/mol. The first kappa shape index (κ1) is 27.8. The maximum absolute atomic E-state index is 12.9. The summed E-state index contributed by atoms with van der Waals surface area (Å²) in [5.74, 6) is -2.19. The number of esters is 3. The van der Waals surface area contributed by atoms with Gasteiger partial charge in [0.1, 0.15) is 24.4 Å². The summed E-state index contributed by atoms with van der Waals surface area (Å²) >= 11 is 0. The van der Waals surface area contributed by atoms with Crippen LogP contribution in [0.2, 0.25) is 0 Å². The zero-order valence-corrected chi connectivity index (χ0v) is 21.1. The molecule has 2 N–H and O–H groups in total. The van der Waals surface area contributed by atoms with Gasteiger partial charge in [0.25, 0.3) is 0 Å². The van der Waals surface area contributed by atoms with Gasteiger partial charge in [-0.1, -0.05) is 17.7 Å². The maximum atomic E-state index is 12.9. The summed E-state index contributed by atoms with van der Waals surface area (Å²) in [6, 6.07) is -0.111. The second kappa shape index (κ2) is 10.8. The van der Waals surface area contributed by atoms with Crippen LogP contribution in [0.3, 0.4) is 0 Å². The lowest BCUT2D eigenvalue weighted by Gasteiger charge is -2.40. The number of hydrogen-bond acceptors (Lipinski definition) is 9. The third-order valence-corrected chi connectivity index (χ3v) is 6.25. The first-order valence-corrected chi connectivity index (χ1v) is 11.5. The Morgan fingerprint density at radius 2 is 1.88 bits per heavy atom. The normalized spacial score (nSPS) is 23.3. The van der Waals surface area contributed by atoms with Crippen molar-refractivity contribution in [1.82, 2.24) is 4.90 Å². The Hall–Kier alpha value is -2.49. The molecule has 0 aliphatic carbocycles. The van der Waals surface area contributed by atoms with E-state index in [0.717, 1.165) is 17.7 Å². The molecule has 9 heteroatoms. The van der Waals surface area contributed by atoms with Gasteiger partial charge in [0.05, 0.1) is 6.04 Å². The molecule has 1 fully saturated rings. The Bertz CT molecular complexity index is 893. The fourth-order valence-corrected chi connectivity index (χ4v) is 4.08. The summed E-state index contributed by atoms with van der Waals surface area (Å²) < 4.78 is 16.2. The highest BCUT2D eigenvalue weighted by Gasteiger charge is 2.56. The van der Waals surface area contributed by atoms with E-state index in [9.17, 15) is 24.6 Å². The lowest BCUT2D eigenvalue weighted by atomic mass is 9.81. The minimum Gasteiger partial charge on any atom is -0.459 e. The molecule has 4 unspecified atom stereocenters. The zero-order valence-electron chi connectivity index (χ0n) is 21.1. The SMILES string of the molecule is C/C=C(\C)C(=O)OC(C)C(O)(C(=O)OCC1=CC2C(OC(=O)C=C(C)C)CCN2C1)C(C)(C)O. The van der Waals surface area contributed by atoms with Crippen molar-refractivity contribution in [2.75, 3.05) is 19.7 Å². The molecule has 0 aromatic rings. The summed E-state index contributed by atoms with van der Waals surface area (Å²) in [4.78, 5) is 39.2. The number of allylic oxidation sites excluding steroid dienone is 2. The number of carbonyl (C=O) groups is 3. The largest absolute Gasteiger partial charge is 0.459 e. The van der Waals surface area contributed by atoms with Gasteiger partial charge in [-0.25, -0.2) is 14.4 Å². The summed E-state index contributed by atoms with van der Waals surface area (Å²) in [6.45, 7) is 11.8. The smallest absolute Gasteiger partial charge is 0.345 e. The third kappa shape index (κ3) is 6.14. The van der Waals surface area contributed by atoms with Crippen LogP contribution in [0.4, 0.5) is 0 Å². The van der Waals surface area contributed by atoms with Crippen LogP contribution in [0.15, 0.2) is 34.9 Å². The number of rotatable bonds is 9. The quantitative estimate of drug-likeness (QED) is 0.221. The van der Waals surface area contributed by atoms with Crippen molar-refractivity contribution in [2.24, 2.45) is 0 Å². The third-order valence-electron chi connectivity index (χ3n) is 6.25. The average molecular weight is 480 g/mol. The van der Waals surface area contributed by atoms with E-state index in [1.807, 2.05) is 19.9 Å². The molecule has 0 saturated carbocycles. The topological polar surface area (TPSA) is 123 Å². The van der Waals surface area contributed by atoms with E-state index in [-0.39, 0.29) is 24.7 Å². The Balaban J connectivity index is 2.07. The van der Waals surface area contributed by atoms with Gasteiger partial charge in [-0.2, -0.15) is 0 Å². The molecule has 9 nitrogen and oxygen atoms in total. The second-order valence-electron chi connectivity index (χ2n) is 9.69. The molecule has 0 radical (unpaired) electrons. The Morgan fingerprint density at radius 1 is 1.24 bits per heavy atom. The van der Waals surface area contributed by atoms with Crippen molar-refractivity contribution in [3.8, 4) is 0 Å². The van der Waals surface area contributed by atoms with E-state index in [1.165, 1.54) is 26.8 Å². The summed E-state index contributed by atoms with van der Waals surface area (Å²) in [6.07, 6.45) is 3.94. The standard InChI is InChI=1S/C25H37NO8/c1-8-16(4)22(28)33-17(5)25(31,24(6,7)30)23(29)32-14-18-12-19-20(9-10-26(19)13-18)34-21(27)11-15(2)3/h8,11-12,17,19-20,30-31H,9-10,13-14H2,1-7H3/b16-8+. The molecule has 0 spiro atoms. The molecule has 2 rings (SSSR count). The van der Waals surface area contributed by atoms with Crippen LogP contribution in [0.25, 0.3) is 0 Å². The molecule has 0 aromatic carbocycles. The van der Waals surface area contributed by atoms with E-state index in [2.05, 4.69) is 4.90 Å². The molecule has 0 amide bonds. The van der Waals surface area contributed by atoms with E-state index >= 15 is 0 Å². The van der Waals surface area contributed by atoms with Crippen molar-refractivity contribution in [2.45, 2.75) is 84.3 Å². The fourth-order valence-electron chi connectivity index (χ4n) is 4.08. The minimum atomic E-state index is -2.49. The summed E-state index contributed by atoms with van der Waals surface area (Å²) in [5.41, 5.74) is -2.51. The van der Waals surface area contributed by atoms with E-state index < -0.39 is 29.2 Å². The van der Waals surface area contributed by atoms with E-state index in [1.54, 1.807) is 19.9 Å². The maximum Gasteiger partial charge on any atom is 0.345 e. The zero-order chi connectivity index (χ0) is 25.8. The lowest BCUT2D eigenvalue weighted by molar-refractivity contribution is -0.218. The van der Waals surface area contributed by atoms with Crippen molar-refractivity contribution < 1.29 is 38.8 Å². The summed E-state index contributed by atoms with van der Waals surface area (Å²) in [5, 5.41) is 21.7. The lowest BCUT2D eigenvalue weighted by Crippen LogP contribution is -2.64. The van der Waals surface area contributed by atoms with Gasteiger partial charge in [0.15, 0.2) is 0 Å². The highest BCUT2D eigenvalue weighted by atomic mass is 16.6. The number of hydrogen-bond donors (Lipinski definition) is 2. The van der Waals surface area contributed by atoms with Crippen LogP contribution in [-0.2, 0) is 28.6 Å². The Kier molecular flexibility index (Phi) is 8.85. The first-order chi connectivity index (χ1) is 15.7. The molecule has 2 aliphatic heterocycles. The Labute approximate surface area is 201 Å². The molecule has 1 saturated heterocycles. The molecule has 2 aliphatic rings. The van der Waals surface area contributed by atoms with Gasteiger partial charge in [0, 0.05) is 24.7 Å². The minimum absolute atomic E-state index is 0.111. The van der Waals surface area contributed by atoms with E-state index in [4.69, 9.17) is 14.2 Å². The molecular formula is C25H37NO8. The van der Waals surface area contributed by atoms with Gasteiger partial charge in [-0.05, 0) is 60.5 Å². The summed E-state index contributed by atoms with van der Waals surface area (Å²) in [7, 11) is 0. The van der Waals surface area contributed by atoms with Crippen LogP contribution in [0.1, 0.15) is 54.9 Å². The molecular weight excluding hydrogens is 442 g/mol. The van der Waals surface area contributed by atoms with E-state index in [0.29, 0.717) is 18.5 Å². The van der Waals surface area contributed by atoms with Crippen LogP contribution >= 0.6 is 0 Å². The van der Waals surface area contributed by atoms with Crippen molar-refractivity contribution in [3.05, 3.63) is 34.9 Å².